The smallest absolute Gasteiger partial charge is 0.184 e. The Morgan fingerprint density at radius 2 is 2.40 bits per heavy atom. The van der Waals surface area contributed by atoms with Gasteiger partial charge >= 0.3 is 0 Å². The van der Waals surface area contributed by atoms with E-state index in [1.165, 1.54) is 19.4 Å². The first-order valence-corrected chi connectivity index (χ1v) is 4.46. The Morgan fingerprint density at radius 3 is 2.93 bits per heavy atom. The summed E-state index contributed by atoms with van der Waals surface area (Å²) in [6.45, 7) is 0. The van der Waals surface area contributed by atoms with Gasteiger partial charge in [-0.3, -0.25) is 5.43 Å². The number of nitrogens with zero attached hydrogens (tertiary/aromatic N) is 1. The Hall–Kier alpha value is -1.69. The fourth-order valence-electron chi connectivity index (χ4n) is 0.905. The van der Waals surface area contributed by atoms with Crippen LogP contribution in [0.15, 0.2) is 23.3 Å². The molecule has 0 aromatic heterocycles. The zero-order chi connectivity index (χ0) is 11.3. The number of nitrogens with one attached hydrogen (secondary N) is 1. The maximum absolute atomic E-state index is 13.3. The van der Waals surface area contributed by atoms with Gasteiger partial charge in [-0.15, -0.1) is 0 Å². The van der Waals surface area contributed by atoms with Crippen molar-refractivity contribution in [3.8, 4) is 5.75 Å². The maximum Gasteiger partial charge on any atom is 0.184 e. The van der Waals surface area contributed by atoms with Crippen LogP contribution in [0.1, 0.15) is 5.56 Å². The second-order valence-corrected chi connectivity index (χ2v) is 3.06. The molecule has 0 unspecified atom stereocenters. The molecule has 1 aromatic carbocycles. The van der Waals surface area contributed by atoms with Gasteiger partial charge in [0.1, 0.15) is 11.6 Å². The Kier molecular flexibility index (Phi) is 3.99. The van der Waals surface area contributed by atoms with Crippen LogP contribution in [-0.4, -0.2) is 18.4 Å². The van der Waals surface area contributed by atoms with Gasteiger partial charge in [0, 0.05) is 11.6 Å². The molecule has 15 heavy (non-hydrogen) atoms. The summed E-state index contributed by atoms with van der Waals surface area (Å²) in [5, 5.41) is 3.66. The Balaban J connectivity index is 2.78. The molecule has 0 heterocycles. The molecule has 6 heteroatoms. The van der Waals surface area contributed by atoms with E-state index >= 15 is 0 Å². The van der Waals surface area contributed by atoms with Crippen LogP contribution >= 0.6 is 12.2 Å². The molecule has 1 aromatic rings. The molecule has 0 saturated heterocycles. The largest absolute Gasteiger partial charge is 0.497 e. The van der Waals surface area contributed by atoms with Crippen LogP contribution in [0.25, 0.3) is 0 Å². The molecule has 0 aliphatic heterocycles. The van der Waals surface area contributed by atoms with Crippen molar-refractivity contribution in [1.29, 1.82) is 0 Å². The Labute approximate surface area is 91.9 Å². The molecule has 0 spiro atoms. The number of rotatable bonds is 3. The number of benzene rings is 1. The minimum atomic E-state index is -0.428. The summed E-state index contributed by atoms with van der Waals surface area (Å²) >= 11 is 4.52. The lowest BCUT2D eigenvalue weighted by atomic mass is 10.2. The summed E-state index contributed by atoms with van der Waals surface area (Å²) in [5.41, 5.74) is 7.78. The van der Waals surface area contributed by atoms with E-state index < -0.39 is 5.82 Å². The highest BCUT2D eigenvalue weighted by Gasteiger charge is 2.00. The highest BCUT2D eigenvalue weighted by atomic mass is 32.1. The molecular weight excluding hydrogens is 217 g/mol. The van der Waals surface area contributed by atoms with E-state index in [4.69, 9.17) is 10.5 Å². The Morgan fingerprint density at radius 1 is 1.67 bits per heavy atom. The summed E-state index contributed by atoms with van der Waals surface area (Å²) in [6, 6.07) is 4.44. The lowest BCUT2D eigenvalue weighted by Crippen LogP contribution is -2.24. The van der Waals surface area contributed by atoms with Crippen molar-refractivity contribution in [2.45, 2.75) is 0 Å². The summed E-state index contributed by atoms with van der Waals surface area (Å²) in [5.74, 6) is 0.0230. The minimum absolute atomic E-state index is 0.0279. The maximum atomic E-state index is 13.3. The van der Waals surface area contributed by atoms with Gasteiger partial charge in [0.15, 0.2) is 5.11 Å². The van der Waals surface area contributed by atoms with Gasteiger partial charge in [0.25, 0.3) is 0 Å². The van der Waals surface area contributed by atoms with E-state index in [-0.39, 0.29) is 5.11 Å². The van der Waals surface area contributed by atoms with Crippen LogP contribution < -0.4 is 15.9 Å². The third-order valence-corrected chi connectivity index (χ3v) is 1.68. The number of nitrogens with two attached hydrogens (primary N) is 1. The zero-order valence-electron chi connectivity index (χ0n) is 8.03. The van der Waals surface area contributed by atoms with Crippen molar-refractivity contribution in [1.82, 2.24) is 5.43 Å². The molecule has 0 fully saturated rings. The van der Waals surface area contributed by atoms with Crippen LogP contribution in [0.5, 0.6) is 5.75 Å². The molecule has 0 aliphatic rings. The first kappa shape index (κ1) is 11.4. The number of thiocarbonyl (C=S) groups is 1. The van der Waals surface area contributed by atoms with Crippen molar-refractivity contribution in [3.05, 3.63) is 29.6 Å². The molecule has 0 atom stereocenters. The summed E-state index contributed by atoms with van der Waals surface area (Å²) in [7, 11) is 1.47. The van der Waals surface area contributed by atoms with Crippen LogP contribution in [-0.2, 0) is 0 Å². The number of methoxy groups -OCH3 is 1. The minimum Gasteiger partial charge on any atom is -0.497 e. The van der Waals surface area contributed by atoms with E-state index in [1.807, 2.05) is 0 Å². The van der Waals surface area contributed by atoms with Crippen molar-refractivity contribution in [3.63, 3.8) is 0 Å². The van der Waals surface area contributed by atoms with E-state index in [1.54, 1.807) is 12.1 Å². The molecule has 0 saturated carbocycles. The van der Waals surface area contributed by atoms with Gasteiger partial charge in [0.05, 0.1) is 13.3 Å². The first-order valence-electron chi connectivity index (χ1n) is 4.05. The number of halogens is 1. The molecular formula is C9H10FN3OS. The van der Waals surface area contributed by atoms with E-state index in [2.05, 4.69) is 22.7 Å². The monoisotopic (exact) mass is 227 g/mol. The van der Waals surface area contributed by atoms with Crippen molar-refractivity contribution >= 4 is 23.5 Å². The topological polar surface area (TPSA) is 59.6 Å². The van der Waals surface area contributed by atoms with Gasteiger partial charge in [-0.25, -0.2) is 4.39 Å². The van der Waals surface area contributed by atoms with Crippen molar-refractivity contribution < 1.29 is 9.13 Å². The average molecular weight is 227 g/mol. The lowest BCUT2D eigenvalue weighted by Gasteiger charge is -2.01. The van der Waals surface area contributed by atoms with Crippen LogP contribution in [0.4, 0.5) is 4.39 Å². The van der Waals surface area contributed by atoms with Gasteiger partial charge < -0.3 is 10.5 Å². The highest BCUT2D eigenvalue weighted by Crippen LogP contribution is 2.14. The SMILES string of the molecule is COc1ccc(C=NNC(N)=S)c(F)c1. The number of hydrogen-bond donors (Lipinski definition) is 2. The summed E-state index contributed by atoms with van der Waals surface area (Å²) in [4.78, 5) is 0. The first-order chi connectivity index (χ1) is 7.13. The van der Waals surface area contributed by atoms with Crippen LogP contribution in [0, 0.1) is 5.82 Å². The van der Waals surface area contributed by atoms with Crippen molar-refractivity contribution in [2.75, 3.05) is 7.11 Å². The highest BCUT2D eigenvalue weighted by molar-refractivity contribution is 7.80. The van der Waals surface area contributed by atoms with Gasteiger partial charge in [-0.2, -0.15) is 5.10 Å². The van der Waals surface area contributed by atoms with E-state index in [0.717, 1.165) is 0 Å². The predicted molar refractivity (Wildman–Crippen MR) is 60.5 cm³/mol. The molecule has 4 nitrogen and oxygen atoms in total. The molecule has 80 valence electrons. The van der Waals surface area contributed by atoms with E-state index in [9.17, 15) is 4.39 Å². The Bertz CT molecular complexity index is 395. The standard InChI is InChI=1S/C9H10FN3OS/c1-14-7-3-2-6(8(10)4-7)5-12-13-9(11)15/h2-5H,1H3,(H3,11,13,15). The van der Waals surface area contributed by atoms with Crippen molar-refractivity contribution in [2.24, 2.45) is 10.8 Å². The second kappa shape index (κ2) is 5.26. The molecule has 0 aliphatic carbocycles. The average Bonchev–Trinajstić information content (AvgIpc) is 2.20. The molecule has 0 amide bonds. The van der Waals surface area contributed by atoms with Crippen LogP contribution in [0.2, 0.25) is 0 Å². The third-order valence-electron chi connectivity index (χ3n) is 1.59. The lowest BCUT2D eigenvalue weighted by molar-refractivity contribution is 0.411. The quantitative estimate of drug-likeness (QED) is 0.459. The third kappa shape index (κ3) is 3.51. The fourth-order valence-corrected chi connectivity index (χ4v) is 0.958. The summed E-state index contributed by atoms with van der Waals surface area (Å²) in [6.07, 6.45) is 1.29. The second-order valence-electron chi connectivity index (χ2n) is 2.62. The fraction of sp³-hybridized carbons (Fsp3) is 0.111. The normalized spacial score (nSPS) is 10.3. The molecule has 0 radical (unpaired) electrons. The molecule has 1 rings (SSSR count). The molecule has 0 bridgehead atoms. The van der Waals surface area contributed by atoms with Crippen LogP contribution in [0.3, 0.4) is 0 Å². The molecule has 3 N–H and O–H groups in total. The van der Waals surface area contributed by atoms with Gasteiger partial charge in [-0.1, -0.05) is 0 Å². The number of hydrogen-bond acceptors (Lipinski definition) is 3. The van der Waals surface area contributed by atoms with Gasteiger partial charge in [0.2, 0.25) is 0 Å². The number of hydrazone groups is 1. The predicted octanol–water partition coefficient (Wildman–Crippen LogP) is 1.00. The van der Waals surface area contributed by atoms with Gasteiger partial charge in [-0.05, 0) is 24.4 Å². The zero-order valence-corrected chi connectivity index (χ0v) is 8.84. The summed E-state index contributed by atoms with van der Waals surface area (Å²) < 4.78 is 18.2. The number of ether oxygens (including phenoxy) is 1. The van der Waals surface area contributed by atoms with E-state index in [0.29, 0.717) is 11.3 Å².